The smallest absolute Gasteiger partial charge is 0.246 e. The summed E-state index contributed by atoms with van der Waals surface area (Å²) in [5, 5.41) is 0.844. The van der Waals surface area contributed by atoms with E-state index in [-0.39, 0.29) is 10.6 Å². The van der Waals surface area contributed by atoms with Gasteiger partial charge in [-0.2, -0.15) is 0 Å². The molecule has 28 heavy (non-hydrogen) atoms. The second kappa shape index (κ2) is 6.95. The lowest BCUT2D eigenvalue weighted by Crippen LogP contribution is -2.32. The highest BCUT2D eigenvalue weighted by molar-refractivity contribution is 7.90. The van der Waals surface area contributed by atoms with Crippen molar-refractivity contribution < 1.29 is 12.8 Å². The number of aromatic nitrogens is 2. The molecule has 0 saturated heterocycles. The van der Waals surface area contributed by atoms with Crippen molar-refractivity contribution >= 4 is 32.4 Å². The zero-order chi connectivity index (χ0) is 20.1. The third-order valence-electron chi connectivity index (χ3n) is 4.84. The number of hydrogen-bond donors (Lipinski definition) is 0. The fraction of sp³-hybridized carbons (Fsp3) is 0.316. The Hall–Kier alpha value is -2.29. The summed E-state index contributed by atoms with van der Waals surface area (Å²) in [7, 11) is -3.43. The van der Waals surface area contributed by atoms with Gasteiger partial charge in [-0.05, 0) is 24.6 Å². The van der Waals surface area contributed by atoms with Gasteiger partial charge in [0.15, 0.2) is 5.43 Å². The molecule has 0 unspecified atom stereocenters. The van der Waals surface area contributed by atoms with Crippen LogP contribution in [0.3, 0.4) is 0 Å². The molecule has 1 aliphatic rings. The van der Waals surface area contributed by atoms with E-state index in [9.17, 15) is 13.2 Å². The van der Waals surface area contributed by atoms with E-state index in [1.54, 1.807) is 18.3 Å². The molecule has 0 radical (unpaired) electrons. The molecular formula is C19H18ClN3O4S. The summed E-state index contributed by atoms with van der Waals surface area (Å²) in [6.45, 7) is 3.46. The number of benzene rings is 1. The summed E-state index contributed by atoms with van der Waals surface area (Å²) in [6.07, 6.45) is 4.73. The maximum absolute atomic E-state index is 12.8. The number of hydrogen-bond acceptors (Lipinski definition) is 7. The first kappa shape index (κ1) is 19.0. The van der Waals surface area contributed by atoms with Crippen LogP contribution in [0.5, 0.6) is 0 Å². The zero-order valence-electron chi connectivity index (χ0n) is 15.4. The highest BCUT2D eigenvalue weighted by atomic mass is 35.5. The van der Waals surface area contributed by atoms with Gasteiger partial charge in [-0.3, -0.25) is 9.69 Å². The van der Waals surface area contributed by atoms with Crippen LogP contribution in [0.4, 0.5) is 0 Å². The number of sulfone groups is 1. The highest BCUT2D eigenvalue weighted by Crippen LogP contribution is 2.23. The third kappa shape index (κ3) is 3.55. The van der Waals surface area contributed by atoms with Crippen molar-refractivity contribution in [3.63, 3.8) is 0 Å². The van der Waals surface area contributed by atoms with Gasteiger partial charge in [0.2, 0.25) is 15.0 Å². The molecule has 0 atom stereocenters. The molecule has 0 saturated carbocycles. The quantitative estimate of drug-likeness (QED) is 0.602. The molecule has 1 aliphatic heterocycles. The predicted octanol–water partition coefficient (Wildman–Crippen LogP) is 2.51. The van der Waals surface area contributed by atoms with Gasteiger partial charge in [0.25, 0.3) is 0 Å². The van der Waals surface area contributed by atoms with Crippen LogP contribution in [0.15, 0.2) is 39.0 Å². The lowest BCUT2D eigenvalue weighted by atomic mass is 10.1. The van der Waals surface area contributed by atoms with Crippen LogP contribution < -0.4 is 5.43 Å². The van der Waals surface area contributed by atoms with Gasteiger partial charge in [0.05, 0.1) is 17.3 Å². The molecule has 4 rings (SSSR count). The van der Waals surface area contributed by atoms with Gasteiger partial charge in [0.1, 0.15) is 5.58 Å². The van der Waals surface area contributed by atoms with Crippen molar-refractivity contribution in [2.75, 3.05) is 12.8 Å². The lowest BCUT2D eigenvalue weighted by molar-refractivity contribution is 0.240. The van der Waals surface area contributed by atoms with Crippen LogP contribution in [0.25, 0.3) is 11.0 Å². The molecule has 0 amide bonds. The first-order valence-electron chi connectivity index (χ1n) is 8.70. The molecule has 3 heterocycles. The fourth-order valence-electron chi connectivity index (χ4n) is 3.31. The number of aryl methyl sites for hydroxylation is 1. The molecule has 9 heteroatoms. The molecule has 2 aromatic heterocycles. The van der Waals surface area contributed by atoms with Crippen LogP contribution in [-0.2, 0) is 29.3 Å². The minimum Gasteiger partial charge on any atom is -0.464 e. The van der Waals surface area contributed by atoms with Gasteiger partial charge in [-0.15, -0.1) is 0 Å². The van der Waals surface area contributed by atoms with E-state index in [2.05, 4.69) is 14.9 Å². The average molecular weight is 420 g/mol. The molecule has 3 aromatic rings. The Bertz CT molecular complexity index is 1250. The zero-order valence-corrected chi connectivity index (χ0v) is 17.0. The van der Waals surface area contributed by atoms with E-state index < -0.39 is 9.84 Å². The monoisotopic (exact) mass is 419 g/mol. The maximum atomic E-state index is 12.8. The Balaban J connectivity index is 1.60. The largest absolute Gasteiger partial charge is 0.464 e. The third-order valence-corrected chi connectivity index (χ3v) is 6.11. The topological polar surface area (TPSA) is 93.4 Å². The van der Waals surface area contributed by atoms with Gasteiger partial charge in [-0.1, -0.05) is 11.6 Å². The van der Waals surface area contributed by atoms with Gasteiger partial charge < -0.3 is 4.42 Å². The minimum absolute atomic E-state index is 0.0994. The second-order valence-corrected chi connectivity index (χ2v) is 9.36. The summed E-state index contributed by atoms with van der Waals surface area (Å²) < 4.78 is 28.9. The average Bonchev–Trinajstić information content (AvgIpc) is 2.64. The van der Waals surface area contributed by atoms with Crippen molar-refractivity contribution in [3.05, 3.63) is 62.2 Å². The van der Waals surface area contributed by atoms with E-state index >= 15 is 0 Å². The van der Waals surface area contributed by atoms with Crippen LogP contribution in [0.1, 0.15) is 22.4 Å². The molecule has 0 fully saturated rings. The summed E-state index contributed by atoms with van der Waals surface area (Å²) in [4.78, 5) is 23.1. The Morgan fingerprint density at radius 3 is 2.86 bits per heavy atom. The van der Waals surface area contributed by atoms with Crippen LogP contribution >= 0.6 is 11.6 Å². The van der Waals surface area contributed by atoms with Crippen molar-refractivity contribution in [3.8, 4) is 0 Å². The van der Waals surface area contributed by atoms with Crippen LogP contribution in [-0.4, -0.2) is 36.1 Å². The molecular weight excluding hydrogens is 402 g/mol. The first-order chi connectivity index (χ1) is 13.2. The maximum Gasteiger partial charge on any atom is 0.246 e. The van der Waals surface area contributed by atoms with E-state index in [1.807, 2.05) is 6.92 Å². The number of fused-ring (bicyclic) bond motifs is 2. The molecule has 0 bridgehead atoms. The van der Waals surface area contributed by atoms with E-state index in [1.165, 1.54) is 6.26 Å². The first-order valence-corrected chi connectivity index (χ1v) is 11.0. The van der Waals surface area contributed by atoms with E-state index in [0.29, 0.717) is 47.6 Å². The van der Waals surface area contributed by atoms with Crippen molar-refractivity contribution in [2.45, 2.75) is 31.6 Å². The van der Waals surface area contributed by atoms with E-state index in [0.717, 1.165) is 23.1 Å². The van der Waals surface area contributed by atoms with Crippen molar-refractivity contribution in [1.29, 1.82) is 0 Å². The fourth-order valence-corrected chi connectivity index (χ4v) is 3.99. The second-order valence-electron chi connectivity index (χ2n) is 7.04. The summed E-state index contributed by atoms with van der Waals surface area (Å²) in [5.74, 6) is 0. The van der Waals surface area contributed by atoms with Gasteiger partial charge in [-0.25, -0.2) is 18.4 Å². The molecule has 0 N–H and O–H groups in total. The van der Waals surface area contributed by atoms with Crippen LogP contribution in [0.2, 0.25) is 5.02 Å². The normalized spacial score (nSPS) is 15.0. The van der Waals surface area contributed by atoms with E-state index in [4.69, 9.17) is 16.0 Å². The van der Waals surface area contributed by atoms with Crippen molar-refractivity contribution in [1.82, 2.24) is 14.9 Å². The molecule has 0 aliphatic carbocycles. The van der Waals surface area contributed by atoms with Crippen molar-refractivity contribution in [2.24, 2.45) is 0 Å². The predicted molar refractivity (Wildman–Crippen MR) is 105 cm³/mol. The summed E-state index contributed by atoms with van der Waals surface area (Å²) in [6, 6.07) is 3.41. The standard InChI is InChI=1S/C19H18ClN3O4S/c1-11-5-17-14(6-15(11)20)18(24)13(10-27-17)9-23-4-3-16-12(8-23)7-21-19(22-16)28(2,25)26/h5-7,10H,3-4,8-9H2,1-2H3. The highest BCUT2D eigenvalue weighted by Gasteiger charge is 2.22. The molecule has 7 nitrogen and oxygen atoms in total. The molecule has 0 spiro atoms. The molecule has 146 valence electrons. The minimum atomic E-state index is -3.43. The summed E-state index contributed by atoms with van der Waals surface area (Å²) in [5.41, 5.74) is 3.41. The lowest BCUT2D eigenvalue weighted by Gasteiger charge is -2.27. The Morgan fingerprint density at radius 2 is 2.11 bits per heavy atom. The summed E-state index contributed by atoms with van der Waals surface area (Å²) >= 11 is 6.16. The van der Waals surface area contributed by atoms with Crippen LogP contribution in [0, 0.1) is 6.92 Å². The molecule has 1 aromatic carbocycles. The number of nitrogens with zero attached hydrogens (tertiary/aromatic N) is 3. The number of halogens is 1. The Kier molecular flexibility index (Phi) is 4.73. The number of rotatable bonds is 3. The van der Waals surface area contributed by atoms with Gasteiger partial charge >= 0.3 is 0 Å². The Labute approximate surface area is 166 Å². The Morgan fingerprint density at radius 1 is 1.32 bits per heavy atom. The SMILES string of the molecule is Cc1cc2occ(CN3CCc4nc(S(C)(=O)=O)ncc4C3)c(=O)c2cc1Cl. The van der Waals surface area contributed by atoms with Gasteiger partial charge in [0, 0.05) is 54.7 Å².